The summed E-state index contributed by atoms with van der Waals surface area (Å²) in [6.45, 7) is 0.293. The highest BCUT2D eigenvalue weighted by atomic mass is 19.4. The second kappa shape index (κ2) is 6.83. The van der Waals surface area contributed by atoms with Gasteiger partial charge in [-0.15, -0.1) is 0 Å². The predicted molar refractivity (Wildman–Crippen MR) is 58.6 cm³/mol. The van der Waals surface area contributed by atoms with Crippen molar-refractivity contribution in [2.45, 2.75) is 50.7 Å². The third kappa shape index (κ3) is 7.20. The first-order chi connectivity index (χ1) is 7.97. The number of carbonyl (C=O) groups excluding carboxylic acids is 1. The van der Waals surface area contributed by atoms with Gasteiger partial charge in [-0.2, -0.15) is 13.2 Å². The SMILES string of the molecule is O=C(CNC1CCCC1)NCCCC(F)(F)F. The Hall–Kier alpha value is -0.780. The zero-order valence-electron chi connectivity index (χ0n) is 9.78. The summed E-state index contributed by atoms with van der Waals surface area (Å²) >= 11 is 0. The highest BCUT2D eigenvalue weighted by Gasteiger charge is 2.25. The standard InChI is InChI=1S/C11H19F3N2O/c12-11(13,14)6-3-7-15-10(17)8-16-9-4-1-2-5-9/h9,16H,1-8H2,(H,15,17). The van der Waals surface area contributed by atoms with Crippen LogP contribution in [-0.4, -0.2) is 31.2 Å². The summed E-state index contributed by atoms with van der Waals surface area (Å²) in [5, 5.41) is 5.58. The van der Waals surface area contributed by atoms with Crippen molar-refractivity contribution in [3.05, 3.63) is 0 Å². The van der Waals surface area contributed by atoms with Crippen molar-refractivity contribution in [2.24, 2.45) is 0 Å². The molecule has 2 N–H and O–H groups in total. The van der Waals surface area contributed by atoms with E-state index in [9.17, 15) is 18.0 Å². The summed E-state index contributed by atoms with van der Waals surface area (Å²) in [5.74, 6) is -0.223. The van der Waals surface area contributed by atoms with Gasteiger partial charge in [-0.25, -0.2) is 0 Å². The maximum atomic E-state index is 11.8. The van der Waals surface area contributed by atoms with Crippen LogP contribution in [0.3, 0.4) is 0 Å². The van der Waals surface area contributed by atoms with Gasteiger partial charge < -0.3 is 10.6 Å². The van der Waals surface area contributed by atoms with Crippen molar-refractivity contribution >= 4 is 5.91 Å². The molecule has 6 heteroatoms. The molecule has 1 aliphatic carbocycles. The zero-order chi connectivity index (χ0) is 12.7. The van der Waals surface area contributed by atoms with Gasteiger partial charge in [0.2, 0.25) is 5.91 Å². The van der Waals surface area contributed by atoms with Crippen molar-refractivity contribution in [1.82, 2.24) is 10.6 Å². The molecule has 100 valence electrons. The second-order valence-corrected chi connectivity index (χ2v) is 4.43. The van der Waals surface area contributed by atoms with Gasteiger partial charge in [0, 0.05) is 19.0 Å². The molecule has 3 nitrogen and oxygen atoms in total. The number of nitrogens with one attached hydrogen (secondary N) is 2. The van der Waals surface area contributed by atoms with E-state index in [1.807, 2.05) is 0 Å². The maximum Gasteiger partial charge on any atom is 0.389 e. The van der Waals surface area contributed by atoms with Crippen molar-refractivity contribution in [2.75, 3.05) is 13.1 Å². The van der Waals surface area contributed by atoms with E-state index in [4.69, 9.17) is 0 Å². The van der Waals surface area contributed by atoms with E-state index in [1.54, 1.807) is 0 Å². The van der Waals surface area contributed by atoms with Gasteiger partial charge in [-0.1, -0.05) is 12.8 Å². The van der Waals surface area contributed by atoms with Crippen LogP contribution in [0, 0.1) is 0 Å². The largest absolute Gasteiger partial charge is 0.389 e. The van der Waals surface area contributed by atoms with Crippen LogP contribution in [0.1, 0.15) is 38.5 Å². The summed E-state index contributed by atoms with van der Waals surface area (Å²) in [4.78, 5) is 11.3. The molecule has 0 heterocycles. The number of alkyl halides is 3. The number of hydrogen-bond acceptors (Lipinski definition) is 2. The summed E-state index contributed by atoms with van der Waals surface area (Å²) in [6.07, 6.45) is -0.493. The van der Waals surface area contributed by atoms with Gasteiger partial charge in [0.1, 0.15) is 0 Å². The fraction of sp³-hybridized carbons (Fsp3) is 0.909. The Kier molecular flexibility index (Phi) is 5.74. The fourth-order valence-corrected chi connectivity index (χ4v) is 1.95. The summed E-state index contributed by atoms with van der Waals surface area (Å²) in [5.41, 5.74) is 0. The van der Waals surface area contributed by atoms with E-state index < -0.39 is 12.6 Å². The molecule has 1 amide bonds. The molecular weight excluding hydrogens is 233 g/mol. The smallest absolute Gasteiger partial charge is 0.355 e. The molecule has 0 atom stereocenters. The van der Waals surface area contributed by atoms with Crippen LogP contribution in [-0.2, 0) is 4.79 Å². The number of rotatable bonds is 6. The maximum absolute atomic E-state index is 11.8. The molecule has 1 rings (SSSR count). The molecule has 0 aromatic heterocycles. The summed E-state index contributed by atoms with van der Waals surface area (Å²) < 4.78 is 35.4. The molecule has 0 aromatic rings. The first-order valence-electron chi connectivity index (χ1n) is 6.04. The highest BCUT2D eigenvalue weighted by molar-refractivity contribution is 5.77. The number of hydrogen-bond donors (Lipinski definition) is 2. The third-order valence-electron chi connectivity index (χ3n) is 2.87. The monoisotopic (exact) mass is 252 g/mol. The minimum absolute atomic E-state index is 0.0569. The van der Waals surface area contributed by atoms with Crippen LogP contribution in [0.25, 0.3) is 0 Å². The van der Waals surface area contributed by atoms with Gasteiger partial charge in [0.25, 0.3) is 0 Å². The van der Waals surface area contributed by atoms with Crippen LogP contribution in [0.2, 0.25) is 0 Å². The average molecular weight is 252 g/mol. The van der Waals surface area contributed by atoms with E-state index in [-0.39, 0.29) is 25.4 Å². The zero-order valence-corrected chi connectivity index (χ0v) is 9.78. The van der Waals surface area contributed by atoms with Crippen molar-refractivity contribution < 1.29 is 18.0 Å². The predicted octanol–water partition coefficient (Wildman–Crippen LogP) is 1.98. The first kappa shape index (κ1) is 14.3. The van der Waals surface area contributed by atoms with Gasteiger partial charge in [0.05, 0.1) is 6.54 Å². The molecule has 0 spiro atoms. The van der Waals surface area contributed by atoms with Crippen LogP contribution in [0.5, 0.6) is 0 Å². The molecule has 1 saturated carbocycles. The minimum Gasteiger partial charge on any atom is -0.355 e. The van der Waals surface area contributed by atoms with E-state index in [1.165, 1.54) is 12.8 Å². The van der Waals surface area contributed by atoms with E-state index in [0.717, 1.165) is 12.8 Å². The summed E-state index contributed by atoms with van der Waals surface area (Å²) in [7, 11) is 0. The van der Waals surface area contributed by atoms with Crippen LogP contribution >= 0.6 is 0 Å². The van der Waals surface area contributed by atoms with Crippen molar-refractivity contribution in [3.8, 4) is 0 Å². The van der Waals surface area contributed by atoms with E-state index >= 15 is 0 Å². The molecule has 0 aliphatic heterocycles. The van der Waals surface area contributed by atoms with Gasteiger partial charge in [0.15, 0.2) is 0 Å². The van der Waals surface area contributed by atoms with E-state index in [0.29, 0.717) is 6.04 Å². The van der Waals surface area contributed by atoms with Crippen LogP contribution < -0.4 is 10.6 Å². The lowest BCUT2D eigenvalue weighted by molar-refractivity contribution is -0.136. The lowest BCUT2D eigenvalue weighted by Gasteiger charge is -2.12. The number of halogens is 3. The molecule has 1 aliphatic rings. The third-order valence-corrected chi connectivity index (χ3v) is 2.87. The van der Waals surface area contributed by atoms with Crippen LogP contribution in [0.15, 0.2) is 0 Å². The van der Waals surface area contributed by atoms with Gasteiger partial charge >= 0.3 is 6.18 Å². The Morgan fingerprint density at radius 1 is 1.24 bits per heavy atom. The number of amides is 1. The molecule has 0 bridgehead atoms. The molecule has 0 saturated heterocycles. The lowest BCUT2D eigenvalue weighted by atomic mass is 10.2. The normalized spacial score (nSPS) is 17.4. The van der Waals surface area contributed by atoms with Gasteiger partial charge in [-0.3, -0.25) is 4.79 Å². The molecule has 0 aromatic carbocycles. The van der Waals surface area contributed by atoms with Crippen molar-refractivity contribution in [3.63, 3.8) is 0 Å². The molecule has 0 radical (unpaired) electrons. The topological polar surface area (TPSA) is 41.1 Å². The average Bonchev–Trinajstić information content (AvgIpc) is 2.73. The Balaban J connectivity index is 1.97. The lowest BCUT2D eigenvalue weighted by Crippen LogP contribution is -2.38. The first-order valence-corrected chi connectivity index (χ1v) is 6.04. The highest BCUT2D eigenvalue weighted by Crippen LogP contribution is 2.20. The Morgan fingerprint density at radius 2 is 1.88 bits per heavy atom. The second-order valence-electron chi connectivity index (χ2n) is 4.43. The molecular formula is C11H19F3N2O. The molecule has 17 heavy (non-hydrogen) atoms. The minimum atomic E-state index is -4.13. The van der Waals surface area contributed by atoms with Gasteiger partial charge in [-0.05, 0) is 19.3 Å². The summed E-state index contributed by atoms with van der Waals surface area (Å²) in [6, 6.07) is 0.399. The molecule has 0 unspecified atom stereocenters. The molecule has 1 fully saturated rings. The number of carbonyl (C=O) groups is 1. The Morgan fingerprint density at radius 3 is 2.47 bits per heavy atom. The van der Waals surface area contributed by atoms with E-state index in [2.05, 4.69) is 10.6 Å². The Labute approximate surface area is 99.1 Å². The van der Waals surface area contributed by atoms with Crippen LogP contribution in [0.4, 0.5) is 13.2 Å². The fourth-order valence-electron chi connectivity index (χ4n) is 1.95. The van der Waals surface area contributed by atoms with Crippen molar-refractivity contribution in [1.29, 1.82) is 0 Å². The Bertz CT molecular complexity index is 237. The quantitative estimate of drug-likeness (QED) is 0.710.